The predicted octanol–water partition coefficient (Wildman–Crippen LogP) is 1.71. The summed E-state index contributed by atoms with van der Waals surface area (Å²) in [7, 11) is 6.08. The van der Waals surface area contributed by atoms with Crippen molar-refractivity contribution < 1.29 is 4.74 Å². The molecule has 0 spiro atoms. The molecule has 3 unspecified atom stereocenters. The lowest BCUT2D eigenvalue weighted by Crippen LogP contribution is -2.37. The van der Waals surface area contributed by atoms with E-state index in [9.17, 15) is 0 Å². The van der Waals surface area contributed by atoms with Gasteiger partial charge in [0.05, 0.1) is 6.61 Å². The summed E-state index contributed by atoms with van der Waals surface area (Å²) in [5.74, 6) is 0.670. The van der Waals surface area contributed by atoms with Gasteiger partial charge >= 0.3 is 0 Å². The molecule has 0 aliphatic carbocycles. The summed E-state index contributed by atoms with van der Waals surface area (Å²) in [5, 5.41) is 0. The zero-order valence-electron chi connectivity index (χ0n) is 13.7. The van der Waals surface area contributed by atoms with E-state index in [1.165, 1.54) is 11.1 Å². The molecular weight excluding hydrogens is 262 g/mol. The van der Waals surface area contributed by atoms with Crippen LogP contribution in [0, 0.1) is 5.92 Å². The van der Waals surface area contributed by atoms with E-state index in [0.29, 0.717) is 25.1 Å². The smallest absolute Gasteiger partial charge is 0.0716 e. The van der Waals surface area contributed by atoms with Crippen molar-refractivity contribution in [1.29, 1.82) is 0 Å². The fourth-order valence-electron chi connectivity index (χ4n) is 3.53. The molecule has 1 aliphatic heterocycles. The highest BCUT2D eigenvalue weighted by Gasteiger charge is 2.35. The van der Waals surface area contributed by atoms with E-state index in [1.807, 2.05) is 0 Å². The Morgan fingerprint density at radius 2 is 2.05 bits per heavy atom. The van der Waals surface area contributed by atoms with Gasteiger partial charge in [0.15, 0.2) is 0 Å². The van der Waals surface area contributed by atoms with E-state index in [4.69, 9.17) is 10.5 Å². The largest absolute Gasteiger partial charge is 0.380 e. The van der Waals surface area contributed by atoms with Gasteiger partial charge in [0.2, 0.25) is 0 Å². The number of rotatable bonds is 6. The van der Waals surface area contributed by atoms with Crippen LogP contribution in [0.4, 0.5) is 0 Å². The summed E-state index contributed by atoms with van der Waals surface area (Å²) in [5.41, 5.74) is 8.68. The lowest BCUT2D eigenvalue weighted by molar-refractivity contribution is 0.178. The first-order valence-electron chi connectivity index (χ1n) is 7.75. The molecule has 1 aliphatic rings. The molecule has 2 rings (SSSR count). The van der Waals surface area contributed by atoms with E-state index in [0.717, 1.165) is 13.1 Å². The van der Waals surface area contributed by atoms with Crippen LogP contribution in [0.1, 0.15) is 24.1 Å². The fraction of sp³-hybridized carbons (Fsp3) is 0.647. The van der Waals surface area contributed by atoms with Crippen molar-refractivity contribution in [2.24, 2.45) is 11.7 Å². The third-order valence-electron chi connectivity index (χ3n) is 4.64. The van der Waals surface area contributed by atoms with E-state index < -0.39 is 0 Å². The van der Waals surface area contributed by atoms with Crippen LogP contribution < -0.4 is 5.73 Å². The summed E-state index contributed by atoms with van der Waals surface area (Å²) in [6.07, 6.45) is 0. The Labute approximate surface area is 128 Å². The zero-order chi connectivity index (χ0) is 15.4. The van der Waals surface area contributed by atoms with Gasteiger partial charge in [-0.1, -0.05) is 31.2 Å². The Kier molecular flexibility index (Phi) is 5.76. The molecule has 0 saturated carbocycles. The lowest BCUT2D eigenvalue weighted by Gasteiger charge is -2.29. The maximum Gasteiger partial charge on any atom is 0.0716 e. The third-order valence-corrected chi connectivity index (χ3v) is 4.64. The highest BCUT2D eigenvalue weighted by atomic mass is 16.5. The first kappa shape index (κ1) is 16.4. The quantitative estimate of drug-likeness (QED) is 0.866. The summed E-state index contributed by atoms with van der Waals surface area (Å²) in [6.45, 7) is 5.81. The van der Waals surface area contributed by atoms with Gasteiger partial charge in [-0.15, -0.1) is 0 Å². The maximum absolute atomic E-state index is 6.12. The molecule has 4 nitrogen and oxygen atoms in total. The minimum Gasteiger partial charge on any atom is -0.380 e. The number of nitrogens with zero attached hydrogens (tertiary/aromatic N) is 2. The van der Waals surface area contributed by atoms with Gasteiger partial charge in [0, 0.05) is 38.8 Å². The van der Waals surface area contributed by atoms with Crippen LogP contribution in [0.2, 0.25) is 0 Å². The summed E-state index contributed by atoms with van der Waals surface area (Å²) < 4.78 is 5.34. The molecule has 118 valence electrons. The van der Waals surface area contributed by atoms with Crippen LogP contribution in [0.3, 0.4) is 0 Å². The first-order chi connectivity index (χ1) is 10.1. The van der Waals surface area contributed by atoms with Crippen LogP contribution >= 0.6 is 0 Å². The average Bonchev–Trinajstić information content (AvgIpc) is 2.84. The molecule has 1 heterocycles. The zero-order valence-corrected chi connectivity index (χ0v) is 13.7. The van der Waals surface area contributed by atoms with Gasteiger partial charge in [0.1, 0.15) is 0 Å². The van der Waals surface area contributed by atoms with Crippen molar-refractivity contribution in [3.05, 3.63) is 35.4 Å². The SMILES string of the molecule is COCc1ccccc1C(CN)N1CC(C)C(N(C)C)C1. The maximum atomic E-state index is 6.12. The van der Waals surface area contributed by atoms with Gasteiger partial charge in [-0.05, 0) is 31.1 Å². The number of hydrogen-bond donors (Lipinski definition) is 1. The molecule has 4 heteroatoms. The van der Waals surface area contributed by atoms with Crippen LogP contribution in [0.15, 0.2) is 24.3 Å². The molecule has 1 aromatic rings. The lowest BCUT2D eigenvalue weighted by atomic mass is 9.99. The van der Waals surface area contributed by atoms with E-state index in [1.54, 1.807) is 7.11 Å². The van der Waals surface area contributed by atoms with E-state index >= 15 is 0 Å². The van der Waals surface area contributed by atoms with E-state index in [-0.39, 0.29) is 6.04 Å². The van der Waals surface area contributed by atoms with Crippen molar-refractivity contribution in [1.82, 2.24) is 9.80 Å². The number of methoxy groups -OCH3 is 1. The molecule has 0 radical (unpaired) electrons. The second-order valence-electron chi connectivity index (χ2n) is 6.35. The first-order valence-corrected chi connectivity index (χ1v) is 7.75. The monoisotopic (exact) mass is 291 g/mol. The van der Waals surface area contributed by atoms with Gasteiger partial charge in [-0.2, -0.15) is 0 Å². The second-order valence-corrected chi connectivity index (χ2v) is 6.35. The normalized spacial score (nSPS) is 24.7. The second kappa shape index (κ2) is 7.36. The molecule has 0 bridgehead atoms. The number of hydrogen-bond acceptors (Lipinski definition) is 4. The standard InChI is InChI=1S/C17H29N3O/c1-13-10-20(11-17(13)19(2)3)16(9-18)15-8-6-5-7-14(15)12-21-4/h5-8,13,16-17H,9-12,18H2,1-4H3. The Morgan fingerprint density at radius 3 is 2.62 bits per heavy atom. The topological polar surface area (TPSA) is 41.7 Å². The molecule has 2 N–H and O–H groups in total. The van der Waals surface area contributed by atoms with Crippen molar-refractivity contribution in [2.45, 2.75) is 25.6 Å². The van der Waals surface area contributed by atoms with Crippen LogP contribution in [-0.2, 0) is 11.3 Å². The summed E-state index contributed by atoms with van der Waals surface area (Å²) in [6, 6.07) is 9.39. The van der Waals surface area contributed by atoms with Crippen LogP contribution in [0.25, 0.3) is 0 Å². The van der Waals surface area contributed by atoms with Crippen molar-refractivity contribution in [2.75, 3.05) is 40.8 Å². The Bertz CT molecular complexity index is 449. The van der Waals surface area contributed by atoms with Crippen molar-refractivity contribution >= 4 is 0 Å². The highest BCUT2D eigenvalue weighted by molar-refractivity contribution is 5.30. The average molecular weight is 291 g/mol. The minimum absolute atomic E-state index is 0.281. The Morgan fingerprint density at radius 1 is 1.33 bits per heavy atom. The third kappa shape index (κ3) is 3.64. The molecule has 21 heavy (non-hydrogen) atoms. The Balaban J connectivity index is 2.21. The van der Waals surface area contributed by atoms with Crippen molar-refractivity contribution in [3.8, 4) is 0 Å². The van der Waals surface area contributed by atoms with E-state index in [2.05, 4.69) is 55.1 Å². The molecule has 1 aromatic carbocycles. The van der Waals surface area contributed by atoms with Crippen LogP contribution in [-0.4, -0.2) is 56.7 Å². The molecular formula is C17H29N3O. The number of ether oxygens (including phenoxy) is 1. The minimum atomic E-state index is 0.281. The van der Waals surface area contributed by atoms with Crippen LogP contribution in [0.5, 0.6) is 0 Å². The molecule has 1 saturated heterocycles. The van der Waals surface area contributed by atoms with Gasteiger partial charge in [-0.25, -0.2) is 0 Å². The molecule has 1 fully saturated rings. The van der Waals surface area contributed by atoms with Crippen molar-refractivity contribution in [3.63, 3.8) is 0 Å². The Hall–Kier alpha value is -0.940. The highest BCUT2D eigenvalue weighted by Crippen LogP contribution is 2.30. The molecule has 3 atom stereocenters. The number of benzene rings is 1. The number of likely N-dealkylation sites (tertiary alicyclic amines) is 1. The number of nitrogens with two attached hydrogens (primary N) is 1. The van der Waals surface area contributed by atoms with Gasteiger partial charge in [-0.3, -0.25) is 4.90 Å². The van der Waals surface area contributed by atoms with Gasteiger partial charge in [0.25, 0.3) is 0 Å². The fourth-order valence-corrected chi connectivity index (χ4v) is 3.53. The number of likely N-dealkylation sites (N-methyl/N-ethyl adjacent to an activating group) is 1. The van der Waals surface area contributed by atoms with Gasteiger partial charge < -0.3 is 15.4 Å². The molecule has 0 aromatic heterocycles. The summed E-state index contributed by atoms with van der Waals surface area (Å²) >= 11 is 0. The summed E-state index contributed by atoms with van der Waals surface area (Å²) in [4.78, 5) is 4.86. The predicted molar refractivity (Wildman–Crippen MR) is 87.2 cm³/mol. The molecule has 0 amide bonds.